The summed E-state index contributed by atoms with van der Waals surface area (Å²) in [7, 11) is 0. The summed E-state index contributed by atoms with van der Waals surface area (Å²) in [5.41, 5.74) is 27.3. The lowest BCUT2D eigenvalue weighted by Crippen LogP contribution is -2.70. The molecule has 230 valence electrons. The second-order valence-electron chi connectivity index (χ2n) is 14.9. The molecule has 0 atom stereocenters. The van der Waals surface area contributed by atoms with Crippen LogP contribution in [0.1, 0.15) is 25.3 Å². The molecule has 0 aromatic heterocycles. The predicted molar refractivity (Wildman–Crippen MR) is 211 cm³/mol. The molecule has 0 saturated heterocycles. The maximum absolute atomic E-state index is 2.69. The highest BCUT2D eigenvalue weighted by atomic mass is 15.2. The predicted octanol–water partition coefficient (Wildman–Crippen LogP) is 8.72. The summed E-state index contributed by atoms with van der Waals surface area (Å²) in [4.78, 5) is 8.05. The van der Waals surface area contributed by atoms with Gasteiger partial charge >= 0.3 is 13.7 Å². The molecule has 3 nitrogen and oxygen atoms in total. The van der Waals surface area contributed by atoms with E-state index in [0.29, 0.717) is 5.92 Å². The minimum Gasteiger partial charge on any atom is -0.376 e. The molecule has 50 heavy (non-hydrogen) atoms. The highest BCUT2D eigenvalue weighted by Crippen LogP contribution is 2.58. The van der Waals surface area contributed by atoms with Gasteiger partial charge in [-0.15, -0.1) is 0 Å². The molecule has 6 aliphatic rings. The molecule has 0 unspecified atom stereocenters. The molecule has 0 radical (unpaired) electrons. The van der Waals surface area contributed by atoms with Crippen LogP contribution in [0.15, 0.2) is 133 Å². The van der Waals surface area contributed by atoms with Crippen LogP contribution >= 0.6 is 0 Å². The first-order valence-electron chi connectivity index (χ1n) is 18.0. The van der Waals surface area contributed by atoms with Crippen LogP contribution in [0.3, 0.4) is 0 Å². The van der Waals surface area contributed by atoms with Gasteiger partial charge in [0.15, 0.2) is 0 Å². The lowest BCUT2D eigenvalue weighted by atomic mass is 9.35. The zero-order valence-electron chi connectivity index (χ0n) is 27.8. The Bertz CT molecular complexity index is 2570. The van der Waals surface area contributed by atoms with Gasteiger partial charge in [0.25, 0.3) is 0 Å². The van der Waals surface area contributed by atoms with Crippen molar-refractivity contribution < 1.29 is 0 Å². The van der Waals surface area contributed by atoms with E-state index in [1.54, 1.807) is 0 Å². The van der Waals surface area contributed by atoms with Crippen LogP contribution in [0.2, 0.25) is 0 Å². The van der Waals surface area contributed by atoms with Gasteiger partial charge in [0.2, 0.25) is 0 Å². The zero-order chi connectivity index (χ0) is 32.6. The molecule has 0 fully saturated rings. The van der Waals surface area contributed by atoms with E-state index in [1.807, 2.05) is 0 Å². The van der Waals surface area contributed by atoms with Gasteiger partial charge in [-0.05, 0) is 92.0 Å². The zero-order valence-corrected chi connectivity index (χ0v) is 27.8. The van der Waals surface area contributed by atoms with Crippen molar-refractivity contribution in [3.05, 3.63) is 139 Å². The first-order valence-corrected chi connectivity index (χ1v) is 18.0. The van der Waals surface area contributed by atoms with Crippen molar-refractivity contribution in [1.82, 2.24) is 0 Å². The summed E-state index contributed by atoms with van der Waals surface area (Å²) in [5.74, 6) is 0.314. The van der Waals surface area contributed by atoms with E-state index in [4.69, 9.17) is 0 Å². The third-order valence-corrected chi connectivity index (χ3v) is 12.4. The molecule has 7 aromatic carbocycles. The van der Waals surface area contributed by atoms with Crippen LogP contribution in [0.25, 0.3) is 44.5 Å². The Kier molecular flexibility index (Phi) is 4.48. The number of rotatable bonds is 1. The van der Waals surface area contributed by atoms with E-state index in [9.17, 15) is 0 Å². The highest BCUT2D eigenvalue weighted by Gasteiger charge is 2.57. The lowest BCUT2D eigenvalue weighted by Gasteiger charge is -2.55. The van der Waals surface area contributed by atoms with Gasteiger partial charge in [-0.2, -0.15) is 0 Å². The quantitative estimate of drug-likeness (QED) is 0.168. The molecule has 6 heterocycles. The normalized spacial score (nSPS) is 15.0. The Balaban J connectivity index is 1.31. The number of benzene rings is 7. The summed E-state index contributed by atoms with van der Waals surface area (Å²) in [6.45, 7) is 4.97. The fourth-order valence-corrected chi connectivity index (χ4v) is 10.9. The number of anilines is 7. The van der Waals surface area contributed by atoms with Crippen LogP contribution < -0.4 is 36.4 Å². The van der Waals surface area contributed by atoms with E-state index in [2.05, 4.69) is 162 Å². The summed E-state index contributed by atoms with van der Waals surface area (Å²) in [6.07, 6.45) is 0. The van der Waals surface area contributed by atoms with Crippen LogP contribution in [-0.2, 0) is 0 Å². The molecule has 5 heteroatoms. The van der Waals surface area contributed by atoms with Gasteiger partial charge in [0.1, 0.15) is 0 Å². The van der Waals surface area contributed by atoms with Gasteiger partial charge in [0, 0.05) is 62.1 Å². The molecular weight excluding hydrogens is 604 g/mol. The van der Waals surface area contributed by atoms with E-state index in [1.165, 1.54) is 112 Å². The largest absolute Gasteiger partial charge is 0.376 e. The summed E-state index contributed by atoms with van der Waals surface area (Å²) < 4.78 is 0. The van der Waals surface area contributed by atoms with Gasteiger partial charge in [-0.3, -0.25) is 0 Å². The van der Waals surface area contributed by atoms with Crippen molar-refractivity contribution in [2.75, 3.05) is 14.5 Å². The third-order valence-electron chi connectivity index (χ3n) is 12.4. The van der Waals surface area contributed by atoms with Gasteiger partial charge in [-0.1, -0.05) is 111 Å². The number of para-hydroxylation sites is 4. The molecule has 0 aliphatic carbocycles. The van der Waals surface area contributed by atoms with E-state index in [0.717, 1.165) is 0 Å². The third kappa shape index (κ3) is 2.70. The average Bonchev–Trinajstić information content (AvgIpc) is 3.17. The molecule has 0 spiro atoms. The van der Waals surface area contributed by atoms with E-state index >= 15 is 0 Å². The summed E-state index contributed by atoms with van der Waals surface area (Å²) in [5, 5.41) is 0. The number of nitrogens with zero attached hydrogens (tertiary/aromatic N) is 3. The van der Waals surface area contributed by atoms with Crippen molar-refractivity contribution in [2.24, 2.45) is 0 Å². The molecule has 6 aliphatic heterocycles. The molecule has 0 saturated carbocycles. The number of hydrogen-bond donors (Lipinski definition) is 0. The van der Waals surface area contributed by atoms with Crippen LogP contribution in [-0.4, -0.2) is 13.7 Å². The van der Waals surface area contributed by atoms with Gasteiger partial charge in [0.05, 0.1) is 0 Å². The Labute approximate surface area is 292 Å². The standard InChI is InChI=1S/C45H29B2N3/c1-25(2)38-39-30-15-5-9-21-34(30)49-32-19-7-3-13-26(32)28-17-11-23-36-41(28)46(49)43(39)45-44-40(38)31-16-6-10-22-35(31)50-33-20-8-4-14-27(33)29-18-12-24-37(48(36)45)42(29)47(44)50/h3-25H,1-2H3. The molecule has 13 rings (SSSR count). The van der Waals surface area contributed by atoms with Crippen molar-refractivity contribution >= 4 is 75.4 Å². The first kappa shape index (κ1) is 26.0. The maximum Gasteiger partial charge on any atom is 0.333 e. The number of hydrogen-bond acceptors (Lipinski definition) is 3. The van der Waals surface area contributed by atoms with Gasteiger partial charge < -0.3 is 14.5 Å². The van der Waals surface area contributed by atoms with Crippen molar-refractivity contribution in [3.8, 4) is 44.5 Å². The van der Waals surface area contributed by atoms with Gasteiger partial charge in [-0.25, -0.2) is 0 Å². The summed E-state index contributed by atoms with van der Waals surface area (Å²) in [6, 6.07) is 50.7. The number of fused-ring (bicyclic) bond motifs is 14. The monoisotopic (exact) mass is 633 g/mol. The van der Waals surface area contributed by atoms with Crippen molar-refractivity contribution in [1.29, 1.82) is 0 Å². The average molecular weight is 633 g/mol. The molecular formula is C45H29B2N3. The van der Waals surface area contributed by atoms with E-state index < -0.39 is 0 Å². The minimum absolute atomic E-state index is 0.0706. The van der Waals surface area contributed by atoms with E-state index in [-0.39, 0.29) is 13.7 Å². The second kappa shape index (κ2) is 8.61. The molecule has 0 bridgehead atoms. The fourth-order valence-electron chi connectivity index (χ4n) is 10.9. The van der Waals surface area contributed by atoms with Crippen LogP contribution in [0.5, 0.6) is 0 Å². The summed E-state index contributed by atoms with van der Waals surface area (Å²) >= 11 is 0. The molecule has 7 aromatic rings. The SMILES string of the molecule is CC(C)c1c2c3c4c5c1-c1ccccc1N1B5c5c(cccc5N4c4cccc5c4B3N(c3ccccc3-5)c3ccccc3-2)-c2ccccc21. The highest BCUT2D eigenvalue weighted by molar-refractivity contribution is 7.00. The molecule has 0 amide bonds. The maximum atomic E-state index is 2.69. The smallest absolute Gasteiger partial charge is 0.333 e. The minimum atomic E-state index is 0.0706. The Morgan fingerprint density at radius 2 is 0.740 bits per heavy atom. The Hall–Kier alpha value is -5.93. The molecule has 0 N–H and O–H groups in total. The Morgan fingerprint density at radius 3 is 1.18 bits per heavy atom. The lowest BCUT2D eigenvalue weighted by molar-refractivity contribution is 0.872. The van der Waals surface area contributed by atoms with Crippen LogP contribution in [0, 0.1) is 0 Å². The fraction of sp³-hybridized carbons (Fsp3) is 0.0667. The first-order chi connectivity index (χ1) is 24.7. The van der Waals surface area contributed by atoms with Crippen molar-refractivity contribution in [3.63, 3.8) is 0 Å². The topological polar surface area (TPSA) is 9.72 Å². The Morgan fingerprint density at radius 1 is 0.380 bits per heavy atom. The van der Waals surface area contributed by atoms with Crippen LogP contribution in [0.4, 0.5) is 39.8 Å². The van der Waals surface area contributed by atoms with Crippen molar-refractivity contribution in [2.45, 2.75) is 19.8 Å². The second-order valence-corrected chi connectivity index (χ2v) is 14.9.